The molecule has 1 fully saturated rings. The first-order valence-corrected chi connectivity index (χ1v) is 8.16. The first-order valence-electron chi connectivity index (χ1n) is 8.16. The number of hydrogen-bond acceptors (Lipinski definition) is 4. The number of nitrogens with zero attached hydrogens (tertiary/aromatic N) is 1. The summed E-state index contributed by atoms with van der Waals surface area (Å²) in [5, 5.41) is 2.81. The summed E-state index contributed by atoms with van der Waals surface area (Å²) in [6, 6.07) is 7.26. The molecule has 1 aromatic rings. The number of hydrogen-bond donors (Lipinski definition) is 3. The van der Waals surface area contributed by atoms with Crippen molar-refractivity contribution in [3.63, 3.8) is 0 Å². The molecule has 1 aromatic carbocycles. The van der Waals surface area contributed by atoms with E-state index in [1.165, 1.54) is 0 Å². The van der Waals surface area contributed by atoms with Gasteiger partial charge >= 0.3 is 0 Å². The summed E-state index contributed by atoms with van der Waals surface area (Å²) in [4.78, 5) is 25.3. The van der Waals surface area contributed by atoms with Gasteiger partial charge in [0.25, 0.3) is 0 Å². The number of primary amides is 1. The van der Waals surface area contributed by atoms with E-state index in [0.29, 0.717) is 6.42 Å². The molecular formula is C17H26N4O2. The van der Waals surface area contributed by atoms with Crippen LogP contribution in [-0.2, 0) is 16.1 Å². The zero-order valence-electron chi connectivity index (χ0n) is 13.6. The molecule has 1 heterocycles. The molecule has 1 unspecified atom stereocenters. The molecule has 0 bridgehead atoms. The van der Waals surface area contributed by atoms with E-state index in [2.05, 4.69) is 10.2 Å². The molecule has 126 valence electrons. The average Bonchev–Trinajstić information content (AvgIpc) is 2.56. The zero-order valence-corrected chi connectivity index (χ0v) is 13.6. The SMILES string of the molecule is CC[C@H](N)C(=O)Nc1ccc(CN2CCCC(C(N)=O)C2)cc1. The molecular weight excluding hydrogens is 292 g/mol. The van der Waals surface area contributed by atoms with E-state index in [9.17, 15) is 9.59 Å². The molecule has 6 nitrogen and oxygen atoms in total. The van der Waals surface area contributed by atoms with Crippen LogP contribution in [0.4, 0.5) is 5.69 Å². The lowest BCUT2D eigenvalue weighted by Gasteiger charge is -2.31. The zero-order chi connectivity index (χ0) is 16.8. The Bertz CT molecular complexity index is 544. The largest absolute Gasteiger partial charge is 0.369 e. The maximum absolute atomic E-state index is 11.8. The van der Waals surface area contributed by atoms with E-state index in [-0.39, 0.29) is 17.7 Å². The fourth-order valence-electron chi connectivity index (χ4n) is 2.80. The van der Waals surface area contributed by atoms with E-state index in [1.54, 1.807) is 0 Å². The first kappa shape index (κ1) is 17.4. The van der Waals surface area contributed by atoms with Crippen molar-refractivity contribution in [2.75, 3.05) is 18.4 Å². The number of likely N-dealkylation sites (tertiary alicyclic amines) is 1. The minimum absolute atomic E-state index is 0.0437. The smallest absolute Gasteiger partial charge is 0.241 e. The fraction of sp³-hybridized carbons (Fsp3) is 0.529. The van der Waals surface area contributed by atoms with Gasteiger partial charge in [-0.1, -0.05) is 19.1 Å². The number of benzene rings is 1. The highest BCUT2D eigenvalue weighted by Gasteiger charge is 2.23. The minimum atomic E-state index is -0.478. The van der Waals surface area contributed by atoms with Gasteiger partial charge in [0.1, 0.15) is 0 Å². The van der Waals surface area contributed by atoms with Gasteiger partial charge in [0.2, 0.25) is 11.8 Å². The number of nitrogens with one attached hydrogen (secondary N) is 1. The molecule has 1 saturated heterocycles. The molecule has 2 rings (SSSR count). The molecule has 5 N–H and O–H groups in total. The quantitative estimate of drug-likeness (QED) is 0.730. The number of carbonyl (C=O) groups excluding carboxylic acids is 2. The second-order valence-corrected chi connectivity index (χ2v) is 6.18. The van der Waals surface area contributed by atoms with E-state index in [4.69, 9.17) is 11.5 Å². The molecule has 0 saturated carbocycles. The summed E-state index contributed by atoms with van der Waals surface area (Å²) < 4.78 is 0. The van der Waals surface area contributed by atoms with E-state index >= 15 is 0 Å². The highest BCUT2D eigenvalue weighted by Crippen LogP contribution is 2.19. The van der Waals surface area contributed by atoms with Crippen molar-refractivity contribution in [3.8, 4) is 0 Å². The third kappa shape index (κ3) is 5.04. The van der Waals surface area contributed by atoms with Crippen molar-refractivity contribution in [1.82, 2.24) is 4.90 Å². The van der Waals surface area contributed by atoms with Crippen LogP contribution in [0.5, 0.6) is 0 Å². The highest BCUT2D eigenvalue weighted by atomic mass is 16.2. The van der Waals surface area contributed by atoms with Crippen molar-refractivity contribution < 1.29 is 9.59 Å². The van der Waals surface area contributed by atoms with E-state index in [0.717, 1.165) is 43.7 Å². The van der Waals surface area contributed by atoms with E-state index in [1.807, 2.05) is 31.2 Å². The Balaban J connectivity index is 1.90. The predicted octanol–water partition coefficient (Wildman–Crippen LogP) is 1.06. The molecule has 0 aromatic heterocycles. The van der Waals surface area contributed by atoms with E-state index < -0.39 is 6.04 Å². The topological polar surface area (TPSA) is 101 Å². The second-order valence-electron chi connectivity index (χ2n) is 6.18. The highest BCUT2D eigenvalue weighted by molar-refractivity contribution is 5.94. The Morgan fingerprint density at radius 3 is 2.65 bits per heavy atom. The van der Waals surface area contributed by atoms with Gasteiger partial charge in [-0.3, -0.25) is 14.5 Å². The summed E-state index contributed by atoms with van der Waals surface area (Å²) in [5.74, 6) is -0.418. The second kappa shape index (κ2) is 8.08. The lowest BCUT2D eigenvalue weighted by atomic mass is 9.97. The van der Waals surface area contributed by atoms with Gasteiger partial charge in [-0.15, -0.1) is 0 Å². The summed E-state index contributed by atoms with van der Waals surface area (Å²) in [6.45, 7) is 4.37. The number of carbonyl (C=O) groups is 2. The van der Waals surface area contributed by atoms with Crippen LogP contribution in [0, 0.1) is 5.92 Å². The van der Waals surface area contributed by atoms with Gasteiger partial charge < -0.3 is 16.8 Å². The number of nitrogens with two attached hydrogens (primary N) is 2. The summed E-state index contributed by atoms with van der Waals surface area (Å²) in [5.41, 5.74) is 13.0. The third-order valence-corrected chi connectivity index (χ3v) is 4.31. The van der Waals surface area contributed by atoms with Crippen LogP contribution in [0.1, 0.15) is 31.7 Å². The molecule has 6 heteroatoms. The minimum Gasteiger partial charge on any atom is -0.369 e. The van der Waals surface area contributed by atoms with Crippen molar-refractivity contribution in [3.05, 3.63) is 29.8 Å². The normalized spacial score (nSPS) is 20.0. The number of amides is 2. The molecule has 0 aliphatic carbocycles. The first-order chi connectivity index (χ1) is 11.0. The third-order valence-electron chi connectivity index (χ3n) is 4.31. The van der Waals surface area contributed by atoms with Crippen LogP contribution < -0.4 is 16.8 Å². The monoisotopic (exact) mass is 318 g/mol. The van der Waals surface area contributed by atoms with Crippen LogP contribution in [0.15, 0.2) is 24.3 Å². The van der Waals surface area contributed by atoms with Crippen molar-refractivity contribution in [2.24, 2.45) is 17.4 Å². The Hall–Kier alpha value is -1.92. The standard InChI is InChI=1S/C17H26N4O2/c1-2-15(18)17(23)20-14-7-5-12(6-8-14)10-21-9-3-4-13(11-21)16(19)22/h5-8,13,15H,2-4,9-11,18H2,1H3,(H2,19,22)(H,20,23)/t13?,15-/m0/s1. The number of anilines is 1. The Morgan fingerprint density at radius 1 is 1.35 bits per heavy atom. The van der Waals surface area contributed by atoms with Gasteiger partial charge in [0, 0.05) is 18.8 Å². The summed E-state index contributed by atoms with van der Waals surface area (Å²) >= 11 is 0. The van der Waals surface area contributed by atoms with Gasteiger partial charge in [0.05, 0.1) is 12.0 Å². The average molecular weight is 318 g/mol. The summed E-state index contributed by atoms with van der Waals surface area (Å²) in [7, 11) is 0. The van der Waals surface area contributed by atoms with Crippen molar-refractivity contribution in [1.29, 1.82) is 0 Å². The molecule has 0 spiro atoms. The molecule has 2 amide bonds. The van der Waals surface area contributed by atoms with Crippen LogP contribution >= 0.6 is 0 Å². The van der Waals surface area contributed by atoms with Crippen LogP contribution in [0.3, 0.4) is 0 Å². The van der Waals surface area contributed by atoms with Crippen molar-refractivity contribution >= 4 is 17.5 Å². The Labute approximate surface area is 137 Å². The van der Waals surface area contributed by atoms with Gasteiger partial charge in [0.15, 0.2) is 0 Å². The van der Waals surface area contributed by atoms with Crippen LogP contribution in [0.25, 0.3) is 0 Å². The molecule has 23 heavy (non-hydrogen) atoms. The number of piperidine rings is 1. The Morgan fingerprint density at radius 2 is 2.04 bits per heavy atom. The van der Waals surface area contributed by atoms with Crippen LogP contribution in [-0.4, -0.2) is 35.8 Å². The summed E-state index contributed by atoms with van der Waals surface area (Å²) in [6.07, 6.45) is 2.49. The van der Waals surface area contributed by atoms with Gasteiger partial charge in [-0.25, -0.2) is 0 Å². The van der Waals surface area contributed by atoms with Gasteiger partial charge in [-0.2, -0.15) is 0 Å². The molecule has 1 aliphatic rings. The van der Waals surface area contributed by atoms with Crippen molar-refractivity contribution in [2.45, 2.75) is 38.8 Å². The van der Waals surface area contributed by atoms with Crippen LogP contribution in [0.2, 0.25) is 0 Å². The number of rotatable bonds is 6. The molecule has 2 atom stereocenters. The lowest BCUT2D eigenvalue weighted by Crippen LogP contribution is -2.40. The van der Waals surface area contributed by atoms with Gasteiger partial charge in [-0.05, 0) is 43.5 Å². The maximum atomic E-state index is 11.8. The molecule has 1 aliphatic heterocycles. The fourth-order valence-corrected chi connectivity index (χ4v) is 2.80. The maximum Gasteiger partial charge on any atom is 0.241 e. The lowest BCUT2D eigenvalue weighted by molar-refractivity contribution is -0.123. The Kier molecular flexibility index (Phi) is 6.12. The molecule has 0 radical (unpaired) electrons. The predicted molar refractivity (Wildman–Crippen MR) is 90.5 cm³/mol.